The van der Waals surface area contributed by atoms with Gasteiger partial charge < -0.3 is 14.2 Å². The van der Waals surface area contributed by atoms with Gasteiger partial charge >= 0.3 is 13.8 Å². The number of hydrogen-bond acceptors (Lipinski definition) is 4. The van der Waals surface area contributed by atoms with E-state index in [0.717, 1.165) is 38.5 Å². The number of rotatable bonds is 13. The molecule has 0 heterocycles. The molecule has 0 radical (unpaired) electrons. The molecular formula is C14H28F3O4P. The van der Waals surface area contributed by atoms with Gasteiger partial charge in [-0.2, -0.15) is 13.2 Å². The Morgan fingerprint density at radius 1 is 0.909 bits per heavy atom. The van der Waals surface area contributed by atoms with Crippen LogP contribution in [0.2, 0.25) is 0 Å². The lowest BCUT2D eigenvalue weighted by Crippen LogP contribution is -2.30. The van der Waals surface area contributed by atoms with Crippen molar-refractivity contribution < 1.29 is 31.9 Å². The highest BCUT2D eigenvalue weighted by Gasteiger charge is 2.53. The summed E-state index contributed by atoms with van der Waals surface area (Å²) in [6.07, 6.45) is 1.28. The van der Waals surface area contributed by atoms with E-state index in [0.29, 0.717) is 12.8 Å². The molecule has 0 aromatic carbocycles. The third-order valence-electron chi connectivity index (χ3n) is 3.13. The highest BCUT2D eigenvalue weighted by molar-refractivity contribution is 7.54. The average molecular weight is 348 g/mol. The maximum absolute atomic E-state index is 12.6. The largest absolute Gasteiger partial charge is 0.426 e. The molecule has 0 saturated heterocycles. The van der Waals surface area contributed by atoms with Crippen molar-refractivity contribution in [3.05, 3.63) is 0 Å². The van der Waals surface area contributed by atoms with Gasteiger partial charge in [-0.25, -0.2) is 0 Å². The lowest BCUT2D eigenvalue weighted by Gasteiger charge is -2.24. The Hall–Kier alpha value is -0.100. The van der Waals surface area contributed by atoms with E-state index in [4.69, 9.17) is 9.05 Å². The summed E-state index contributed by atoms with van der Waals surface area (Å²) < 4.78 is 59.7. The van der Waals surface area contributed by atoms with Crippen LogP contribution < -0.4 is 0 Å². The maximum atomic E-state index is 12.6. The van der Waals surface area contributed by atoms with Crippen molar-refractivity contribution in [2.45, 2.75) is 77.2 Å². The van der Waals surface area contributed by atoms with Gasteiger partial charge in [0.2, 0.25) is 0 Å². The van der Waals surface area contributed by atoms with E-state index in [1.165, 1.54) is 0 Å². The van der Waals surface area contributed by atoms with Gasteiger partial charge in [0.1, 0.15) is 0 Å². The zero-order valence-electron chi connectivity index (χ0n) is 13.4. The van der Waals surface area contributed by atoms with Gasteiger partial charge in [0.25, 0.3) is 5.85 Å². The number of aliphatic hydroxyl groups is 1. The molecule has 0 aliphatic carbocycles. The normalized spacial score (nSPS) is 14.3. The van der Waals surface area contributed by atoms with Crippen molar-refractivity contribution in [2.75, 3.05) is 13.2 Å². The number of halogens is 3. The number of hydrogen-bond donors (Lipinski definition) is 1. The van der Waals surface area contributed by atoms with Gasteiger partial charge in [-0.1, -0.05) is 52.4 Å². The van der Waals surface area contributed by atoms with Crippen LogP contribution in [0.5, 0.6) is 0 Å². The number of unbranched alkanes of at least 4 members (excludes halogenated alkanes) is 6. The molecule has 0 aromatic rings. The molecule has 0 rings (SSSR count). The summed E-state index contributed by atoms with van der Waals surface area (Å²) in [6.45, 7) is 3.77. The number of aliphatic hydroxyl groups excluding tert-OH is 1. The first-order valence-corrected chi connectivity index (χ1v) is 9.52. The van der Waals surface area contributed by atoms with Crippen molar-refractivity contribution >= 4 is 7.60 Å². The second kappa shape index (κ2) is 11.4. The topological polar surface area (TPSA) is 55.8 Å². The summed E-state index contributed by atoms with van der Waals surface area (Å²) in [7, 11) is -4.60. The molecule has 0 bridgehead atoms. The zero-order valence-corrected chi connectivity index (χ0v) is 14.3. The van der Waals surface area contributed by atoms with Crippen LogP contribution in [0.15, 0.2) is 0 Å². The molecule has 4 nitrogen and oxygen atoms in total. The molecular weight excluding hydrogens is 320 g/mol. The van der Waals surface area contributed by atoms with E-state index in [1.54, 1.807) is 0 Å². The molecule has 8 heteroatoms. The molecule has 0 amide bonds. The van der Waals surface area contributed by atoms with Gasteiger partial charge in [0.05, 0.1) is 13.2 Å². The Morgan fingerprint density at radius 2 is 1.32 bits per heavy atom. The van der Waals surface area contributed by atoms with Crippen LogP contribution in [0.25, 0.3) is 0 Å². The molecule has 0 saturated carbocycles. The minimum Gasteiger partial charge on any atom is -0.373 e. The van der Waals surface area contributed by atoms with Crippen molar-refractivity contribution in [2.24, 2.45) is 0 Å². The Labute approximate surface area is 130 Å². The molecule has 0 fully saturated rings. The fraction of sp³-hybridized carbons (Fsp3) is 1.00. The maximum Gasteiger partial charge on any atom is 0.426 e. The molecule has 1 atom stereocenters. The predicted octanol–water partition coefficient (Wildman–Crippen LogP) is 5.25. The molecule has 0 spiro atoms. The third kappa shape index (κ3) is 9.13. The smallest absolute Gasteiger partial charge is 0.373 e. The van der Waals surface area contributed by atoms with Crippen molar-refractivity contribution in [3.8, 4) is 0 Å². The van der Waals surface area contributed by atoms with E-state index >= 15 is 0 Å². The van der Waals surface area contributed by atoms with Gasteiger partial charge in [0.15, 0.2) is 0 Å². The van der Waals surface area contributed by atoms with Crippen LogP contribution in [0.3, 0.4) is 0 Å². The molecule has 0 aliphatic heterocycles. The minimum absolute atomic E-state index is 0.112. The predicted molar refractivity (Wildman–Crippen MR) is 79.9 cm³/mol. The first kappa shape index (κ1) is 21.9. The molecule has 0 aliphatic rings. The molecule has 1 unspecified atom stereocenters. The van der Waals surface area contributed by atoms with Crippen LogP contribution in [0.4, 0.5) is 13.2 Å². The summed E-state index contributed by atoms with van der Waals surface area (Å²) in [5, 5.41) is 9.27. The molecule has 22 heavy (non-hydrogen) atoms. The van der Waals surface area contributed by atoms with Crippen molar-refractivity contribution in [1.82, 2.24) is 0 Å². The van der Waals surface area contributed by atoms with Gasteiger partial charge in [-0.05, 0) is 12.8 Å². The Bertz CT molecular complexity index is 306. The standard InChI is InChI=1S/C14H28F3O4P/c1-3-5-7-9-11-20-22(19,13(18)14(15,16)17)21-12-10-8-6-4-2/h13,18H,3-12H2,1-2H3. The van der Waals surface area contributed by atoms with Crippen LogP contribution in [-0.2, 0) is 13.6 Å². The highest BCUT2D eigenvalue weighted by Crippen LogP contribution is 2.57. The SMILES string of the molecule is CCCCCCOP(=O)(OCCCCCC)C(O)C(F)(F)F. The van der Waals surface area contributed by atoms with E-state index in [9.17, 15) is 22.8 Å². The van der Waals surface area contributed by atoms with E-state index in [2.05, 4.69) is 0 Å². The second-order valence-corrected chi connectivity index (χ2v) is 7.33. The monoisotopic (exact) mass is 348 g/mol. The quantitative estimate of drug-likeness (QED) is 0.365. The van der Waals surface area contributed by atoms with Crippen LogP contribution in [0, 0.1) is 0 Å². The number of alkyl halides is 3. The fourth-order valence-electron chi connectivity index (χ4n) is 1.80. The summed E-state index contributed by atoms with van der Waals surface area (Å²) in [5.41, 5.74) is 0. The van der Waals surface area contributed by atoms with Crippen LogP contribution in [0.1, 0.15) is 65.2 Å². The summed E-state index contributed by atoms with van der Waals surface area (Å²) >= 11 is 0. The van der Waals surface area contributed by atoms with Gasteiger partial charge in [0, 0.05) is 0 Å². The van der Waals surface area contributed by atoms with Crippen LogP contribution >= 0.6 is 7.60 Å². The third-order valence-corrected chi connectivity index (χ3v) is 5.11. The van der Waals surface area contributed by atoms with E-state index in [1.807, 2.05) is 13.8 Å². The minimum atomic E-state index is -5.03. The molecule has 0 aromatic heterocycles. The van der Waals surface area contributed by atoms with E-state index in [-0.39, 0.29) is 13.2 Å². The lowest BCUT2D eigenvalue weighted by atomic mass is 10.2. The summed E-state index contributed by atoms with van der Waals surface area (Å²) in [4.78, 5) is 0. The summed E-state index contributed by atoms with van der Waals surface area (Å²) in [6, 6.07) is 0. The highest BCUT2D eigenvalue weighted by atomic mass is 31.2. The van der Waals surface area contributed by atoms with Gasteiger partial charge in [-0.3, -0.25) is 4.57 Å². The van der Waals surface area contributed by atoms with Crippen LogP contribution in [-0.4, -0.2) is 30.3 Å². The average Bonchev–Trinajstić information content (AvgIpc) is 2.45. The second-order valence-electron chi connectivity index (χ2n) is 5.24. The Morgan fingerprint density at radius 3 is 1.64 bits per heavy atom. The first-order chi connectivity index (χ1) is 10.3. The van der Waals surface area contributed by atoms with Crippen molar-refractivity contribution in [3.63, 3.8) is 0 Å². The lowest BCUT2D eigenvalue weighted by molar-refractivity contribution is -0.182. The Kier molecular flexibility index (Phi) is 11.4. The fourth-order valence-corrected chi connectivity index (χ4v) is 3.28. The van der Waals surface area contributed by atoms with Crippen molar-refractivity contribution in [1.29, 1.82) is 0 Å². The van der Waals surface area contributed by atoms with E-state index < -0.39 is 19.6 Å². The molecule has 134 valence electrons. The zero-order chi connectivity index (χ0) is 17.1. The Balaban J connectivity index is 4.45. The van der Waals surface area contributed by atoms with Gasteiger partial charge in [-0.15, -0.1) is 0 Å². The first-order valence-electron chi connectivity index (χ1n) is 7.91. The summed E-state index contributed by atoms with van der Waals surface area (Å²) in [5.74, 6) is -3.09. The molecule has 1 N–H and O–H groups in total.